The Bertz CT molecular complexity index is 863. The second-order valence-electron chi connectivity index (χ2n) is 6.22. The Labute approximate surface area is 164 Å². The minimum atomic E-state index is -1.07. The minimum absolute atomic E-state index is 0.138. The van der Waals surface area contributed by atoms with E-state index in [2.05, 4.69) is 0 Å². The summed E-state index contributed by atoms with van der Waals surface area (Å²) in [6.45, 7) is 4.49. The summed E-state index contributed by atoms with van der Waals surface area (Å²) < 4.78 is 15.3. The van der Waals surface area contributed by atoms with Crippen LogP contribution >= 0.6 is 0 Å². The van der Waals surface area contributed by atoms with Gasteiger partial charge in [-0.05, 0) is 34.9 Å². The number of benzene rings is 2. The van der Waals surface area contributed by atoms with E-state index in [9.17, 15) is 14.4 Å². The molecular formula is C21H25NO6. The molecule has 28 heavy (non-hydrogen) atoms. The number of carbonyl (C=O) groups is 3. The van der Waals surface area contributed by atoms with Crippen molar-refractivity contribution in [2.24, 2.45) is 0 Å². The highest BCUT2D eigenvalue weighted by atomic mass is 16.7. The van der Waals surface area contributed by atoms with Gasteiger partial charge in [0.15, 0.2) is 0 Å². The number of hydrogen-bond acceptors (Lipinski definition) is 6. The van der Waals surface area contributed by atoms with Gasteiger partial charge in [0.2, 0.25) is 12.2 Å². The summed E-state index contributed by atoms with van der Waals surface area (Å²) in [5.74, 6) is -0.203. The van der Waals surface area contributed by atoms with Gasteiger partial charge in [-0.3, -0.25) is 9.59 Å². The van der Waals surface area contributed by atoms with Gasteiger partial charge in [0, 0.05) is 26.8 Å². The second kappa shape index (κ2) is 9.73. The van der Waals surface area contributed by atoms with E-state index in [0.717, 1.165) is 27.0 Å². The summed E-state index contributed by atoms with van der Waals surface area (Å²) in [6, 6.07) is 11.6. The number of nitrogens with zero attached hydrogens (tertiary/aromatic N) is 1. The van der Waals surface area contributed by atoms with Crippen LogP contribution in [0.1, 0.15) is 32.8 Å². The van der Waals surface area contributed by atoms with Gasteiger partial charge in [-0.25, -0.2) is 9.69 Å². The molecule has 1 unspecified atom stereocenters. The van der Waals surface area contributed by atoms with Gasteiger partial charge < -0.3 is 14.2 Å². The van der Waals surface area contributed by atoms with Gasteiger partial charge >= 0.3 is 12.1 Å². The first-order valence-electron chi connectivity index (χ1n) is 9.09. The number of amides is 2. The molecular weight excluding hydrogens is 362 g/mol. The fourth-order valence-electron chi connectivity index (χ4n) is 2.77. The minimum Gasteiger partial charge on any atom is -0.497 e. The lowest BCUT2D eigenvalue weighted by molar-refractivity contribution is -0.165. The van der Waals surface area contributed by atoms with Crippen molar-refractivity contribution in [3.8, 4) is 5.75 Å². The quantitative estimate of drug-likeness (QED) is 0.532. The van der Waals surface area contributed by atoms with Gasteiger partial charge in [0.05, 0.1) is 7.11 Å². The van der Waals surface area contributed by atoms with Crippen LogP contribution in [0.5, 0.6) is 5.75 Å². The third kappa shape index (κ3) is 5.45. The Morgan fingerprint density at radius 2 is 1.86 bits per heavy atom. The monoisotopic (exact) mass is 387 g/mol. The maximum absolute atomic E-state index is 12.3. The molecule has 2 amide bonds. The molecule has 0 saturated carbocycles. The lowest BCUT2D eigenvalue weighted by Gasteiger charge is -2.21. The smallest absolute Gasteiger partial charge is 0.419 e. The molecule has 0 radical (unpaired) electrons. The molecule has 0 heterocycles. The fraction of sp³-hybridized carbons (Fsp3) is 0.381. The standard InChI is InChI=1S/C21H25NO6/c1-5-20(24)27-15(3)28-21(25)22(14(2)23)12-11-17-8-6-7-16-9-10-18(26-4)13-19(16)17/h6-10,13,15H,5,11-12H2,1-4H3. The summed E-state index contributed by atoms with van der Waals surface area (Å²) in [5.41, 5.74) is 0.973. The zero-order valence-corrected chi connectivity index (χ0v) is 16.6. The molecule has 0 aliphatic rings. The Morgan fingerprint density at radius 3 is 2.50 bits per heavy atom. The van der Waals surface area contributed by atoms with E-state index in [1.54, 1.807) is 14.0 Å². The van der Waals surface area contributed by atoms with Crippen LogP contribution in [-0.2, 0) is 25.5 Å². The number of esters is 1. The van der Waals surface area contributed by atoms with Crippen LogP contribution < -0.4 is 4.74 Å². The van der Waals surface area contributed by atoms with E-state index >= 15 is 0 Å². The topological polar surface area (TPSA) is 82.1 Å². The number of fused-ring (bicyclic) bond motifs is 1. The van der Waals surface area contributed by atoms with E-state index in [1.807, 2.05) is 36.4 Å². The van der Waals surface area contributed by atoms with Crippen LogP contribution in [0.3, 0.4) is 0 Å². The van der Waals surface area contributed by atoms with Gasteiger partial charge in [0.1, 0.15) is 5.75 Å². The molecule has 0 spiro atoms. The van der Waals surface area contributed by atoms with Gasteiger partial charge in [-0.1, -0.05) is 31.2 Å². The molecule has 2 aromatic carbocycles. The van der Waals surface area contributed by atoms with Crippen LogP contribution in [0.15, 0.2) is 36.4 Å². The predicted octanol–water partition coefficient (Wildman–Crippen LogP) is 3.68. The zero-order chi connectivity index (χ0) is 20.7. The first-order valence-corrected chi connectivity index (χ1v) is 9.09. The molecule has 0 aliphatic carbocycles. The van der Waals surface area contributed by atoms with Crippen LogP contribution in [0.25, 0.3) is 10.8 Å². The Morgan fingerprint density at radius 1 is 1.11 bits per heavy atom. The molecule has 0 aromatic heterocycles. The highest BCUT2D eigenvalue weighted by Crippen LogP contribution is 2.24. The lowest BCUT2D eigenvalue weighted by Crippen LogP contribution is -2.39. The van der Waals surface area contributed by atoms with Gasteiger partial charge in [0.25, 0.3) is 0 Å². The molecule has 0 N–H and O–H groups in total. The van der Waals surface area contributed by atoms with E-state index < -0.39 is 24.3 Å². The second-order valence-corrected chi connectivity index (χ2v) is 6.22. The maximum Gasteiger partial charge on any atom is 0.419 e. The molecule has 2 rings (SSSR count). The number of hydrogen-bond donors (Lipinski definition) is 0. The maximum atomic E-state index is 12.3. The number of carbonyl (C=O) groups excluding carboxylic acids is 3. The highest BCUT2D eigenvalue weighted by Gasteiger charge is 2.23. The molecule has 7 heteroatoms. The Balaban J connectivity index is 2.11. The van der Waals surface area contributed by atoms with Crippen LogP contribution in [0.4, 0.5) is 4.79 Å². The van der Waals surface area contributed by atoms with Crippen LogP contribution in [-0.4, -0.2) is 42.8 Å². The normalized spacial score (nSPS) is 11.6. The summed E-state index contributed by atoms with van der Waals surface area (Å²) in [5, 5.41) is 2.03. The van der Waals surface area contributed by atoms with E-state index in [-0.39, 0.29) is 13.0 Å². The third-order valence-corrected chi connectivity index (χ3v) is 4.24. The largest absolute Gasteiger partial charge is 0.497 e. The molecule has 0 bridgehead atoms. The summed E-state index contributed by atoms with van der Waals surface area (Å²) >= 11 is 0. The van der Waals surface area contributed by atoms with Crippen LogP contribution in [0.2, 0.25) is 0 Å². The average molecular weight is 387 g/mol. The van der Waals surface area contributed by atoms with Gasteiger partial charge in [-0.15, -0.1) is 0 Å². The summed E-state index contributed by atoms with van der Waals surface area (Å²) in [7, 11) is 1.60. The van der Waals surface area contributed by atoms with Gasteiger partial charge in [-0.2, -0.15) is 0 Å². The first kappa shape index (κ1) is 21.2. The molecule has 2 aromatic rings. The number of rotatable bonds is 7. The molecule has 150 valence electrons. The predicted molar refractivity (Wildman–Crippen MR) is 104 cm³/mol. The van der Waals surface area contributed by atoms with Crippen molar-refractivity contribution < 1.29 is 28.6 Å². The Kier molecular flexibility index (Phi) is 7.37. The van der Waals surface area contributed by atoms with E-state index in [0.29, 0.717) is 6.42 Å². The zero-order valence-electron chi connectivity index (χ0n) is 16.6. The average Bonchev–Trinajstić information content (AvgIpc) is 2.67. The van der Waals surface area contributed by atoms with Crippen molar-refractivity contribution >= 4 is 28.7 Å². The van der Waals surface area contributed by atoms with E-state index in [4.69, 9.17) is 14.2 Å². The van der Waals surface area contributed by atoms with E-state index in [1.165, 1.54) is 13.8 Å². The highest BCUT2D eigenvalue weighted by molar-refractivity contribution is 5.91. The molecule has 0 fully saturated rings. The van der Waals surface area contributed by atoms with Crippen molar-refractivity contribution in [2.45, 2.75) is 39.9 Å². The molecule has 7 nitrogen and oxygen atoms in total. The van der Waals surface area contributed by atoms with Crippen LogP contribution in [0, 0.1) is 0 Å². The number of methoxy groups -OCH3 is 1. The third-order valence-electron chi connectivity index (χ3n) is 4.24. The lowest BCUT2D eigenvalue weighted by atomic mass is 10.0. The van der Waals surface area contributed by atoms with Crippen molar-refractivity contribution in [1.29, 1.82) is 0 Å². The summed E-state index contributed by atoms with van der Waals surface area (Å²) in [6.07, 6.45) is -1.30. The SMILES string of the molecule is CCC(=O)OC(C)OC(=O)N(CCc1cccc2ccc(OC)cc12)C(C)=O. The number of imide groups is 1. The molecule has 0 aliphatic heterocycles. The summed E-state index contributed by atoms with van der Waals surface area (Å²) in [4.78, 5) is 36.5. The van der Waals surface area contributed by atoms with Crippen molar-refractivity contribution in [2.75, 3.05) is 13.7 Å². The first-order chi connectivity index (χ1) is 13.3. The Hall–Kier alpha value is -3.09. The van der Waals surface area contributed by atoms with Crippen molar-refractivity contribution in [3.05, 3.63) is 42.0 Å². The fourth-order valence-corrected chi connectivity index (χ4v) is 2.77. The molecule has 1 atom stereocenters. The number of ether oxygens (including phenoxy) is 3. The molecule has 0 saturated heterocycles. The van der Waals surface area contributed by atoms with Crippen molar-refractivity contribution in [1.82, 2.24) is 4.90 Å². The van der Waals surface area contributed by atoms with Crippen molar-refractivity contribution in [3.63, 3.8) is 0 Å².